The molecule has 0 saturated carbocycles. The second-order valence-electron chi connectivity index (χ2n) is 3.52. The van der Waals surface area contributed by atoms with E-state index in [4.69, 9.17) is 17.3 Å². The second kappa shape index (κ2) is 7.36. The molecule has 0 aliphatic heterocycles. The first kappa shape index (κ1) is 16.0. The van der Waals surface area contributed by atoms with Gasteiger partial charge in [-0.15, -0.1) is 17.5 Å². The molecule has 0 heterocycles. The van der Waals surface area contributed by atoms with Crippen molar-refractivity contribution >= 4 is 30.0 Å². The van der Waals surface area contributed by atoms with Crippen molar-refractivity contribution < 1.29 is 0 Å². The molecule has 1 rings (SSSR count). The zero-order chi connectivity index (χ0) is 12.8. The van der Waals surface area contributed by atoms with Gasteiger partial charge in [0.25, 0.3) is 0 Å². The minimum Gasteiger partial charge on any atom is -0.369 e. The highest BCUT2D eigenvalue weighted by Crippen LogP contribution is 2.16. The number of rotatable bonds is 2. The predicted octanol–water partition coefficient (Wildman–Crippen LogP) is -0.0460. The molecule has 1 aromatic rings. The molecular formula is C10H18ClN7. The molecule has 0 radical (unpaired) electrons. The Morgan fingerprint density at radius 2 is 1.83 bits per heavy atom. The van der Waals surface area contributed by atoms with Crippen LogP contribution in [0, 0.1) is 13.8 Å². The van der Waals surface area contributed by atoms with Gasteiger partial charge >= 0.3 is 0 Å². The van der Waals surface area contributed by atoms with Crippen LogP contribution >= 0.6 is 12.4 Å². The van der Waals surface area contributed by atoms with Gasteiger partial charge in [-0.3, -0.25) is 5.43 Å². The smallest absolute Gasteiger partial charge is 0.231 e. The predicted molar refractivity (Wildman–Crippen MR) is 76.5 cm³/mol. The minimum absolute atomic E-state index is 0. The summed E-state index contributed by atoms with van der Waals surface area (Å²) in [4.78, 5) is 4.20. The number of hydrazine groups is 1. The van der Waals surface area contributed by atoms with Gasteiger partial charge in [-0.25, -0.2) is 16.3 Å². The van der Waals surface area contributed by atoms with Crippen molar-refractivity contribution in [2.45, 2.75) is 13.8 Å². The van der Waals surface area contributed by atoms with Gasteiger partial charge in [-0.05, 0) is 37.1 Å². The highest BCUT2D eigenvalue weighted by molar-refractivity contribution is 5.85. The minimum atomic E-state index is -0.104. The normalized spacial score (nSPS) is 10.3. The molecule has 8 N–H and O–H groups in total. The fourth-order valence-electron chi connectivity index (χ4n) is 1.13. The number of hydrazone groups is 1. The molecule has 7 nitrogen and oxygen atoms in total. The van der Waals surface area contributed by atoms with Crippen LogP contribution in [0.25, 0.3) is 0 Å². The monoisotopic (exact) mass is 271 g/mol. The maximum Gasteiger partial charge on any atom is 0.231 e. The number of guanidine groups is 2. The molecule has 0 amide bonds. The van der Waals surface area contributed by atoms with E-state index >= 15 is 0 Å². The number of nitrogens with one attached hydrogen (secondary N) is 2. The van der Waals surface area contributed by atoms with E-state index in [1.807, 2.05) is 32.0 Å². The average Bonchev–Trinajstić information content (AvgIpc) is 2.28. The number of nitrogens with zero attached hydrogens (tertiary/aromatic N) is 2. The van der Waals surface area contributed by atoms with Crippen LogP contribution in [0.1, 0.15) is 11.1 Å². The van der Waals surface area contributed by atoms with Crippen LogP contribution in [0.3, 0.4) is 0 Å². The number of nitrogens with two attached hydrogens (primary N) is 3. The zero-order valence-electron chi connectivity index (χ0n) is 10.3. The molecule has 0 spiro atoms. The summed E-state index contributed by atoms with van der Waals surface area (Å²) in [7, 11) is 0. The lowest BCUT2D eigenvalue weighted by Gasteiger charge is -2.05. The van der Waals surface area contributed by atoms with Crippen molar-refractivity contribution in [1.82, 2.24) is 10.9 Å². The molecule has 0 unspecified atom stereocenters. The van der Waals surface area contributed by atoms with Crippen molar-refractivity contribution in [2.75, 3.05) is 0 Å². The highest BCUT2D eigenvalue weighted by Gasteiger charge is 1.98. The largest absolute Gasteiger partial charge is 0.369 e. The van der Waals surface area contributed by atoms with Gasteiger partial charge in [-0.1, -0.05) is 6.07 Å². The molecule has 0 atom stereocenters. The molecule has 8 heteroatoms. The maximum absolute atomic E-state index is 5.28. The number of halogens is 1. The standard InChI is InChI=1S/C10H17N7.ClH/c1-6-3-4-8(5-7(6)2)14-10(15-13)17-16-9(11)12;/h3-5H,13H2,1-2H3,(H4,11,12,16)(H2,14,15,17);1H. The van der Waals surface area contributed by atoms with Crippen LogP contribution in [0.15, 0.2) is 28.3 Å². The summed E-state index contributed by atoms with van der Waals surface area (Å²) in [5.41, 5.74) is 18.3. The van der Waals surface area contributed by atoms with E-state index in [1.165, 1.54) is 5.56 Å². The van der Waals surface area contributed by atoms with Gasteiger partial charge in [0.1, 0.15) is 0 Å². The molecule has 18 heavy (non-hydrogen) atoms. The summed E-state index contributed by atoms with van der Waals surface area (Å²) in [6.45, 7) is 4.04. The summed E-state index contributed by atoms with van der Waals surface area (Å²) in [6.07, 6.45) is 0. The Bertz CT molecular complexity index is 452. The Balaban J connectivity index is 0.00000289. The number of benzene rings is 1. The summed E-state index contributed by atoms with van der Waals surface area (Å²) >= 11 is 0. The van der Waals surface area contributed by atoms with Crippen LogP contribution in [0.4, 0.5) is 5.69 Å². The molecule has 0 aliphatic rings. The fraction of sp³-hybridized carbons (Fsp3) is 0.200. The molecule has 0 fully saturated rings. The van der Waals surface area contributed by atoms with Crippen molar-refractivity contribution in [2.24, 2.45) is 27.4 Å². The number of aryl methyl sites for hydroxylation is 2. The van der Waals surface area contributed by atoms with E-state index in [1.54, 1.807) is 0 Å². The van der Waals surface area contributed by atoms with Crippen LogP contribution < -0.4 is 28.2 Å². The number of hydrogen-bond donors (Lipinski definition) is 5. The zero-order valence-corrected chi connectivity index (χ0v) is 11.1. The molecule has 0 bridgehead atoms. The van der Waals surface area contributed by atoms with Crippen molar-refractivity contribution in [3.05, 3.63) is 29.3 Å². The van der Waals surface area contributed by atoms with E-state index in [0.29, 0.717) is 0 Å². The van der Waals surface area contributed by atoms with Crippen molar-refractivity contribution in [3.63, 3.8) is 0 Å². The molecular weight excluding hydrogens is 254 g/mol. The Kier molecular flexibility index (Phi) is 6.54. The van der Waals surface area contributed by atoms with Gasteiger partial charge < -0.3 is 11.5 Å². The van der Waals surface area contributed by atoms with E-state index in [2.05, 4.69) is 20.9 Å². The Hall–Kier alpha value is -1.99. The van der Waals surface area contributed by atoms with E-state index < -0.39 is 0 Å². The summed E-state index contributed by atoms with van der Waals surface area (Å²) in [6, 6.07) is 5.78. The quantitative estimate of drug-likeness (QED) is 0.223. The number of hydrogen-bond acceptors (Lipinski definition) is 3. The van der Waals surface area contributed by atoms with Crippen LogP contribution in [-0.4, -0.2) is 11.9 Å². The first-order valence-electron chi connectivity index (χ1n) is 5.00. The van der Waals surface area contributed by atoms with Gasteiger partial charge in [-0.2, -0.15) is 0 Å². The van der Waals surface area contributed by atoms with Gasteiger partial charge in [0.05, 0.1) is 5.69 Å². The summed E-state index contributed by atoms with van der Waals surface area (Å²) in [5, 5.41) is 3.58. The molecule has 100 valence electrons. The first-order valence-corrected chi connectivity index (χ1v) is 5.00. The third kappa shape index (κ3) is 4.89. The van der Waals surface area contributed by atoms with Crippen LogP contribution in [-0.2, 0) is 0 Å². The lowest BCUT2D eigenvalue weighted by Crippen LogP contribution is -2.40. The van der Waals surface area contributed by atoms with Gasteiger partial charge in [0.2, 0.25) is 11.9 Å². The van der Waals surface area contributed by atoms with Crippen LogP contribution in [0.2, 0.25) is 0 Å². The van der Waals surface area contributed by atoms with Gasteiger partial charge in [0.15, 0.2) is 0 Å². The van der Waals surface area contributed by atoms with Crippen molar-refractivity contribution in [3.8, 4) is 0 Å². The van der Waals surface area contributed by atoms with E-state index in [0.717, 1.165) is 11.3 Å². The van der Waals surface area contributed by atoms with Crippen molar-refractivity contribution in [1.29, 1.82) is 0 Å². The Morgan fingerprint density at radius 1 is 1.17 bits per heavy atom. The van der Waals surface area contributed by atoms with E-state index in [-0.39, 0.29) is 24.3 Å². The Morgan fingerprint density at radius 3 is 2.33 bits per heavy atom. The summed E-state index contributed by atoms with van der Waals surface area (Å²) < 4.78 is 0. The molecule has 1 aromatic carbocycles. The van der Waals surface area contributed by atoms with Gasteiger partial charge in [0, 0.05) is 0 Å². The third-order valence-corrected chi connectivity index (χ3v) is 2.16. The molecule has 0 aliphatic carbocycles. The Labute approximate surface area is 112 Å². The second-order valence-corrected chi connectivity index (χ2v) is 3.52. The maximum atomic E-state index is 5.28. The summed E-state index contributed by atoms with van der Waals surface area (Å²) in [5.74, 6) is 5.43. The molecule has 0 aromatic heterocycles. The average molecular weight is 272 g/mol. The van der Waals surface area contributed by atoms with E-state index in [9.17, 15) is 0 Å². The first-order chi connectivity index (χ1) is 8.02. The lowest BCUT2D eigenvalue weighted by molar-refractivity contribution is 0.893. The van der Waals surface area contributed by atoms with Crippen LogP contribution in [0.5, 0.6) is 0 Å². The highest BCUT2D eigenvalue weighted by atomic mass is 35.5. The molecule has 0 saturated heterocycles. The topological polar surface area (TPSA) is 127 Å². The number of aliphatic imine (C=N–C) groups is 1. The third-order valence-electron chi connectivity index (χ3n) is 2.16. The lowest BCUT2D eigenvalue weighted by atomic mass is 10.1. The SMILES string of the molecule is Cc1ccc(N=C(NN)NN=C(N)N)cc1C.Cl. The fourth-order valence-corrected chi connectivity index (χ4v) is 1.13.